The zero-order chi connectivity index (χ0) is 15.9. The Morgan fingerprint density at radius 3 is 2.41 bits per heavy atom. The second-order valence-corrected chi connectivity index (χ2v) is 4.69. The number of halogens is 1. The van der Waals surface area contributed by atoms with E-state index in [0.29, 0.717) is 23.5 Å². The molecule has 2 N–H and O–H groups in total. The van der Waals surface area contributed by atoms with Crippen LogP contribution in [0.4, 0.5) is 15.9 Å². The number of amides is 2. The topological polar surface area (TPSA) is 71.1 Å². The van der Waals surface area contributed by atoms with Crippen LogP contribution in [0.2, 0.25) is 0 Å². The summed E-state index contributed by atoms with van der Waals surface area (Å²) in [5.41, 5.74) is 0.904. The monoisotopic (exact) mass is 301 g/mol. The van der Waals surface area contributed by atoms with Gasteiger partial charge in [-0.05, 0) is 42.8 Å². The molecular weight excluding hydrogens is 285 g/mol. The third kappa shape index (κ3) is 4.37. The predicted octanol–water partition coefficient (Wildman–Crippen LogP) is 3.21. The van der Waals surface area contributed by atoms with Gasteiger partial charge in [0.15, 0.2) is 0 Å². The highest BCUT2D eigenvalue weighted by atomic mass is 19.1. The smallest absolute Gasteiger partial charge is 0.256 e. The predicted molar refractivity (Wildman–Crippen MR) is 82.1 cm³/mol. The highest BCUT2D eigenvalue weighted by molar-refractivity contribution is 6.03. The quantitative estimate of drug-likeness (QED) is 0.890. The fraction of sp³-hybridized carbons (Fsp3) is 0.188. The first-order valence-corrected chi connectivity index (χ1v) is 6.91. The molecule has 5 nitrogen and oxygen atoms in total. The van der Waals surface area contributed by atoms with Gasteiger partial charge in [0.05, 0.1) is 11.9 Å². The number of nitrogens with zero attached hydrogens (tertiary/aromatic N) is 1. The molecule has 22 heavy (non-hydrogen) atoms. The maximum atomic E-state index is 12.8. The average molecular weight is 301 g/mol. The summed E-state index contributed by atoms with van der Waals surface area (Å²) >= 11 is 0. The van der Waals surface area contributed by atoms with Gasteiger partial charge in [0.1, 0.15) is 11.6 Å². The number of hydrogen-bond acceptors (Lipinski definition) is 3. The molecule has 0 saturated carbocycles. The van der Waals surface area contributed by atoms with Gasteiger partial charge in [0.25, 0.3) is 5.91 Å². The summed E-state index contributed by atoms with van der Waals surface area (Å²) in [6, 6.07) is 8.46. The lowest BCUT2D eigenvalue weighted by molar-refractivity contribution is -0.116. The Kier molecular flexibility index (Phi) is 5.19. The summed E-state index contributed by atoms with van der Waals surface area (Å²) in [6.07, 6.45) is 2.68. The van der Waals surface area contributed by atoms with Crippen LogP contribution < -0.4 is 10.6 Å². The van der Waals surface area contributed by atoms with Crippen molar-refractivity contribution in [3.63, 3.8) is 0 Å². The molecule has 0 saturated heterocycles. The van der Waals surface area contributed by atoms with E-state index in [0.717, 1.165) is 6.42 Å². The summed E-state index contributed by atoms with van der Waals surface area (Å²) in [7, 11) is 0. The molecule has 0 bridgehead atoms. The van der Waals surface area contributed by atoms with Crippen LogP contribution in [0.25, 0.3) is 0 Å². The molecular formula is C16H16FN3O2. The Morgan fingerprint density at radius 2 is 1.82 bits per heavy atom. The van der Waals surface area contributed by atoms with Crippen molar-refractivity contribution in [1.82, 2.24) is 4.98 Å². The van der Waals surface area contributed by atoms with Gasteiger partial charge in [-0.15, -0.1) is 0 Å². The number of anilines is 2. The van der Waals surface area contributed by atoms with Crippen LogP contribution >= 0.6 is 0 Å². The highest BCUT2D eigenvalue weighted by Gasteiger charge is 2.07. The Morgan fingerprint density at radius 1 is 1.09 bits per heavy atom. The molecule has 0 spiro atoms. The van der Waals surface area contributed by atoms with E-state index in [1.165, 1.54) is 30.5 Å². The fourth-order valence-electron chi connectivity index (χ4n) is 1.78. The van der Waals surface area contributed by atoms with Crippen molar-refractivity contribution < 1.29 is 14.0 Å². The minimum absolute atomic E-state index is 0.0765. The molecule has 0 aliphatic carbocycles. The van der Waals surface area contributed by atoms with E-state index in [2.05, 4.69) is 15.6 Å². The zero-order valence-electron chi connectivity index (χ0n) is 12.1. The largest absolute Gasteiger partial charge is 0.325 e. The summed E-state index contributed by atoms with van der Waals surface area (Å²) in [4.78, 5) is 27.4. The summed E-state index contributed by atoms with van der Waals surface area (Å²) in [5, 5.41) is 5.30. The Labute approximate surface area is 127 Å². The summed E-state index contributed by atoms with van der Waals surface area (Å²) in [6.45, 7) is 1.92. The van der Waals surface area contributed by atoms with Gasteiger partial charge in [-0.25, -0.2) is 9.37 Å². The van der Waals surface area contributed by atoms with E-state index < -0.39 is 5.82 Å². The Balaban J connectivity index is 1.97. The van der Waals surface area contributed by atoms with Crippen LogP contribution in [0.15, 0.2) is 42.6 Å². The first-order chi connectivity index (χ1) is 10.6. The van der Waals surface area contributed by atoms with Crippen molar-refractivity contribution in [2.24, 2.45) is 0 Å². The molecule has 114 valence electrons. The van der Waals surface area contributed by atoms with Gasteiger partial charge < -0.3 is 10.6 Å². The van der Waals surface area contributed by atoms with Crippen molar-refractivity contribution in [2.45, 2.75) is 19.8 Å². The molecule has 2 aromatic rings. The lowest BCUT2D eigenvalue weighted by Crippen LogP contribution is -2.14. The molecule has 0 radical (unpaired) electrons. The van der Waals surface area contributed by atoms with Gasteiger partial charge in [0, 0.05) is 12.0 Å². The zero-order valence-corrected chi connectivity index (χ0v) is 12.1. The number of carbonyl (C=O) groups excluding carboxylic acids is 2. The second kappa shape index (κ2) is 7.31. The summed E-state index contributed by atoms with van der Waals surface area (Å²) in [5.74, 6) is -0.507. The molecule has 1 aromatic carbocycles. The van der Waals surface area contributed by atoms with Crippen LogP contribution in [-0.4, -0.2) is 16.8 Å². The van der Waals surface area contributed by atoms with E-state index in [1.807, 2.05) is 6.92 Å². The number of hydrogen-bond donors (Lipinski definition) is 2. The number of aromatic nitrogens is 1. The maximum absolute atomic E-state index is 12.8. The van der Waals surface area contributed by atoms with Crippen molar-refractivity contribution >= 4 is 23.3 Å². The molecule has 1 heterocycles. The van der Waals surface area contributed by atoms with Crippen molar-refractivity contribution in [1.29, 1.82) is 0 Å². The number of pyridine rings is 1. The third-order valence-corrected chi connectivity index (χ3v) is 2.87. The van der Waals surface area contributed by atoms with Crippen LogP contribution in [-0.2, 0) is 4.79 Å². The number of rotatable bonds is 5. The van der Waals surface area contributed by atoms with Gasteiger partial charge in [-0.1, -0.05) is 6.92 Å². The molecule has 0 aliphatic heterocycles. The first-order valence-electron chi connectivity index (χ1n) is 6.91. The van der Waals surface area contributed by atoms with Crippen LogP contribution in [0, 0.1) is 5.82 Å². The molecule has 0 aliphatic rings. The van der Waals surface area contributed by atoms with Gasteiger partial charge in [0.2, 0.25) is 5.91 Å². The van der Waals surface area contributed by atoms with Crippen LogP contribution in [0.1, 0.15) is 30.1 Å². The van der Waals surface area contributed by atoms with E-state index in [9.17, 15) is 14.0 Å². The lowest BCUT2D eigenvalue weighted by Gasteiger charge is -2.07. The molecule has 0 fully saturated rings. The second-order valence-electron chi connectivity index (χ2n) is 4.69. The minimum Gasteiger partial charge on any atom is -0.325 e. The van der Waals surface area contributed by atoms with E-state index in [1.54, 1.807) is 12.1 Å². The number of nitrogens with one attached hydrogen (secondary N) is 2. The highest BCUT2D eigenvalue weighted by Crippen LogP contribution is 2.12. The lowest BCUT2D eigenvalue weighted by atomic mass is 10.2. The molecule has 2 amide bonds. The number of carbonyl (C=O) groups is 2. The van der Waals surface area contributed by atoms with Crippen LogP contribution in [0.5, 0.6) is 0 Å². The van der Waals surface area contributed by atoms with Crippen LogP contribution in [0.3, 0.4) is 0 Å². The summed E-state index contributed by atoms with van der Waals surface area (Å²) < 4.78 is 12.8. The molecule has 0 unspecified atom stereocenters. The number of benzene rings is 1. The molecule has 2 rings (SSSR count). The molecule has 0 atom stereocenters. The first kappa shape index (κ1) is 15.6. The minimum atomic E-state index is -0.401. The SMILES string of the molecule is CCCC(=O)Nc1ccc(NC(=O)c2ccc(F)cc2)nc1. The van der Waals surface area contributed by atoms with Gasteiger partial charge in [-0.2, -0.15) is 0 Å². The van der Waals surface area contributed by atoms with Crippen molar-refractivity contribution in [3.05, 3.63) is 54.0 Å². The van der Waals surface area contributed by atoms with Gasteiger partial charge in [-0.3, -0.25) is 9.59 Å². The average Bonchev–Trinajstić information content (AvgIpc) is 2.50. The third-order valence-electron chi connectivity index (χ3n) is 2.87. The van der Waals surface area contributed by atoms with Crippen molar-refractivity contribution in [2.75, 3.05) is 10.6 Å². The van der Waals surface area contributed by atoms with E-state index in [-0.39, 0.29) is 11.8 Å². The normalized spacial score (nSPS) is 10.1. The standard InChI is InChI=1S/C16H16FN3O2/c1-2-3-15(21)19-13-8-9-14(18-10-13)20-16(22)11-4-6-12(17)7-5-11/h4-10H,2-3H2,1H3,(H,19,21)(H,18,20,22). The van der Waals surface area contributed by atoms with E-state index >= 15 is 0 Å². The molecule has 1 aromatic heterocycles. The molecule has 6 heteroatoms. The Hall–Kier alpha value is -2.76. The Bertz CT molecular complexity index is 654. The van der Waals surface area contributed by atoms with Gasteiger partial charge >= 0.3 is 0 Å². The van der Waals surface area contributed by atoms with E-state index in [4.69, 9.17) is 0 Å². The maximum Gasteiger partial charge on any atom is 0.256 e. The van der Waals surface area contributed by atoms with Crippen molar-refractivity contribution in [3.8, 4) is 0 Å². The fourth-order valence-corrected chi connectivity index (χ4v) is 1.78.